The molecule has 3 aliphatic rings. The largest absolute Gasteiger partial charge is 0.394 e. The maximum atomic E-state index is 10.7. The number of aliphatic hydroxyl groups excluding tert-OH is 9. The third-order valence-electron chi connectivity index (χ3n) is 6.63. The van der Waals surface area contributed by atoms with Crippen molar-refractivity contribution in [1.29, 1.82) is 0 Å². The highest BCUT2D eigenvalue weighted by molar-refractivity contribution is 5.22. The van der Waals surface area contributed by atoms with E-state index in [1.54, 1.807) is 6.92 Å². The Labute approximate surface area is 190 Å². The van der Waals surface area contributed by atoms with E-state index >= 15 is 0 Å². The van der Waals surface area contributed by atoms with Crippen LogP contribution in [-0.2, 0) is 14.2 Å². The summed E-state index contributed by atoms with van der Waals surface area (Å²) in [6.07, 6.45) is -14.4. The molecular weight excluding hydrogens is 446 g/mol. The predicted octanol–water partition coefficient (Wildman–Crippen LogP) is -5.32. The quantitative estimate of drug-likeness (QED) is 0.160. The van der Waals surface area contributed by atoms with Crippen molar-refractivity contribution in [3.05, 3.63) is 11.6 Å². The van der Waals surface area contributed by atoms with E-state index in [0.29, 0.717) is 0 Å². The van der Waals surface area contributed by atoms with E-state index in [1.807, 2.05) is 0 Å². The van der Waals surface area contributed by atoms with Gasteiger partial charge in [0, 0.05) is 0 Å². The lowest BCUT2D eigenvalue weighted by molar-refractivity contribution is -0.326. The van der Waals surface area contributed by atoms with E-state index in [2.05, 4.69) is 5.32 Å². The third kappa shape index (κ3) is 5.26. The molecule has 0 spiro atoms. The molecule has 33 heavy (non-hydrogen) atoms. The molecule has 0 bridgehead atoms. The molecule has 13 heteroatoms. The van der Waals surface area contributed by atoms with Crippen LogP contribution in [0.15, 0.2) is 11.6 Å². The molecular formula is C20H35NO12. The Morgan fingerprint density at radius 1 is 0.818 bits per heavy atom. The first-order valence-electron chi connectivity index (χ1n) is 10.9. The van der Waals surface area contributed by atoms with Crippen molar-refractivity contribution < 1.29 is 60.2 Å². The molecule has 2 heterocycles. The van der Waals surface area contributed by atoms with E-state index < -0.39 is 98.7 Å². The minimum absolute atomic E-state index is 0.0834. The molecule has 0 radical (unpaired) electrons. The summed E-state index contributed by atoms with van der Waals surface area (Å²) >= 11 is 0. The summed E-state index contributed by atoms with van der Waals surface area (Å²) in [4.78, 5) is 0. The molecule has 0 amide bonds. The normalized spacial score (nSPS) is 51.3. The lowest BCUT2D eigenvalue weighted by atomic mass is 9.86. The summed E-state index contributed by atoms with van der Waals surface area (Å²) in [7, 11) is 0. The minimum atomic E-state index is -1.64. The van der Waals surface area contributed by atoms with Crippen molar-refractivity contribution >= 4 is 0 Å². The van der Waals surface area contributed by atoms with Crippen LogP contribution in [0, 0.1) is 0 Å². The summed E-state index contributed by atoms with van der Waals surface area (Å²) in [6.45, 7) is 1.99. The first-order valence-corrected chi connectivity index (χ1v) is 10.9. The second-order valence-corrected chi connectivity index (χ2v) is 8.88. The van der Waals surface area contributed by atoms with Gasteiger partial charge in [-0.25, -0.2) is 0 Å². The van der Waals surface area contributed by atoms with Gasteiger partial charge < -0.3 is 65.5 Å². The molecule has 10 N–H and O–H groups in total. The second-order valence-electron chi connectivity index (χ2n) is 8.88. The topological polar surface area (TPSA) is 222 Å². The van der Waals surface area contributed by atoms with Crippen LogP contribution in [0.3, 0.4) is 0 Å². The molecule has 2 fully saturated rings. The van der Waals surface area contributed by atoms with Gasteiger partial charge in [0.25, 0.3) is 0 Å². The first kappa shape index (κ1) is 26.8. The fourth-order valence-corrected chi connectivity index (χ4v) is 4.53. The van der Waals surface area contributed by atoms with Crippen LogP contribution in [0.1, 0.15) is 13.8 Å². The summed E-state index contributed by atoms with van der Waals surface area (Å²) < 4.78 is 16.7. The number of ether oxygens (including phenoxy) is 3. The SMILES string of the molecule is CC1OC(CO)C(OC2OC(C)C(NC3C=C(CO)C(O)C(O)C3O)C(O)C2O)C(O)C1O. The summed E-state index contributed by atoms with van der Waals surface area (Å²) in [5, 5.41) is 93.8. The average Bonchev–Trinajstić information content (AvgIpc) is 2.79. The van der Waals surface area contributed by atoms with Gasteiger partial charge in [0.1, 0.15) is 54.9 Å². The lowest BCUT2D eigenvalue weighted by Crippen LogP contribution is -2.68. The Morgan fingerprint density at radius 2 is 1.48 bits per heavy atom. The maximum Gasteiger partial charge on any atom is 0.187 e. The summed E-state index contributed by atoms with van der Waals surface area (Å²) in [5.74, 6) is 0. The number of hydrogen-bond donors (Lipinski definition) is 10. The Bertz CT molecular complexity index is 679. The molecule has 0 aromatic heterocycles. The van der Waals surface area contributed by atoms with E-state index in [9.17, 15) is 46.0 Å². The molecule has 1 aliphatic carbocycles. The molecule has 2 saturated heterocycles. The van der Waals surface area contributed by atoms with Crippen molar-refractivity contribution in [2.45, 2.75) is 99.4 Å². The van der Waals surface area contributed by atoms with Crippen LogP contribution in [0.4, 0.5) is 0 Å². The zero-order chi connectivity index (χ0) is 24.6. The van der Waals surface area contributed by atoms with E-state index in [1.165, 1.54) is 13.0 Å². The standard InChI is InChI=1S/C20H35NO12/c1-6-11(21-9-3-8(4-22)13(25)16(28)14(9)26)15(27)18(30)20(32-6)33-19-10(5-23)31-7(2)12(24)17(19)29/h3,6-7,9-30H,4-5H2,1-2H3. The Hall–Kier alpha value is -0.780. The zero-order valence-corrected chi connectivity index (χ0v) is 18.3. The fourth-order valence-electron chi connectivity index (χ4n) is 4.53. The Kier molecular flexibility index (Phi) is 8.83. The summed E-state index contributed by atoms with van der Waals surface area (Å²) in [6, 6.07) is -1.95. The van der Waals surface area contributed by atoms with Crippen LogP contribution in [0.5, 0.6) is 0 Å². The second kappa shape index (κ2) is 10.9. The monoisotopic (exact) mass is 481 g/mol. The molecule has 14 atom stereocenters. The summed E-state index contributed by atoms with van der Waals surface area (Å²) in [5.41, 5.74) is 0.0834. The van der Waals surface area contributed by atoms with Crippen molar-refractivity contribution in [2.24, 2.45) is 0 Å². The van der Waals surface area contributed by atoms with Crippen molar-refractivity contribution in [3.63, 3.8) is 0 Å². The highest BCUT2D eigenvalue weighted by Crippen LogP contribution is 2.30. The van der Waals surface area contributed by atoms with Crippen molar-refractivity contribution in [1.82, 2.24) is 5.32 Å². The molecule has 13 nitrogen and oxygen atoms in total. The minimum Gasteiger partial charge on any atom is -0.394 e. The van der Waals surface area contributed by atoms with Gasteiger partial charge in [-0.15, -0.1) is 0 Å². The van der Waals surface area contributed by atoms with Crippen LogP contribution >= 0.6 is 0 Å². The third-order valence-corrected chi connectivity index (χ3v) is 6.63. The van der Waals surface area contributed by atoms with Crippen LogP contribution in [0.25, 0.3) is 0 Å². The number of nitrogens with one attached hydrogen (secondary N) is 1. The van der Waals surface area contributed by atoms with Gasteiger partial charge in [-0.05, 0) is 19.4 Å². The molecule has 0 saturated carbocycles. The van der Waals surface area contributed by atoms with Crippen LogP contribution in [-0.4, -0.2) is 145 Å². The lowest BCUT2D eigenvalue weighted by Gasteiger charge is -2.47. The number of aliphatic hydroxyl groups is 9. The van der Waals surface area contributed by atoms with Gasteiger partial charge in [-0.2, -0.15) is 0 Å². The van der Waals surface area contributed by atoms with E-state index in [-0.39, 0.29) is 5.57 Å². The van der Waals surface area contributed by atoms with Crippen LogP contribution in [0.2, 0.25) is 0 Å². The van der Waals surface area contributed by atoms with Gasteiger partial charge in [0.2, 0.25) is 0 Å². The van der Waals surface area contributed by atoms with E-state index in [4.69, 9.17) is 14.2 Å². The maximum absolute atomic E-state index is 10.7. The molecule has 0 aromatic carbocycles. The fraction of sp³-hybridized carbons (Fsp3) is 0.900. The predicted molar refractivity (Wildman–Crippen MR) is 109 cm³/mol. The van der Waals surface area contributed by atoms with Gasteiger partial charge >= 0.3 is 0 Å². The van der Waals surface area contributed by atoms with Gasteiger partial charge in [-0.1, -0.05) is 6.08 Å². The molecule has 14 unspecified atom stereocenters. The average molecular weight is 481 g/mol. The zero-order valence-electron chi connectivity index (χ0n) is 18.3. The molecule has 2 aliphatic heterocycles. The molecule has 3 rings (SSSR count). The number of rotatable bonds is 6. The Morgan fingerprint density at radius 3 is 2.09 bits per heavy atom. The molecule has 192 valence electrons. The van der Waals surface area contributed by atoms with Gasteiger partial charge in [0.15, 0.2) is 6.29 Å². The first-order chi connectivity index (χ1) is 15.5. The van der Waals surface area contributed by atoms with Gasteiger partial charge in [0.05, 0.1) is 37.5 Å². The van der Waals surface area contributed by atoms with Crippen molar-refractivity contribution in [3.8, 4) is 0 Å². The van der Waals surface area contributed by atoms with Gasteiger partial charge in [-0.3, -0.25) is 0 Å². The Balaban J connectivity index is 1.71. The van der Waals surface area contributed by atoms with Crippen LogP contribution < -0.4 is 5.32 Å². The van der Waals surface area contributed by atoms with E-state index in [0.717, 1.165) is 0 Å². The highest BCUT2D eigenvalue weighted by atomic mass is 16.7. The number of hydrogen-bond acceptors (Lipinski definition) is 13. The highest BCUT2D eigenvalue weighted by Gasteiger charge is 2.50. The smallest absolute Gasteiger partial charge is 0.187 e. The molecule has 0 aromatic rings. The van der Waals surface area contributed by atoms with Crippen molar-refractivity contribution in [2.75, 3.05) is 13.2 Å².